The maximum absolute atomic E-state index is 12.2. The predicted molar refractivity (Wildman–Crippen MR) is 81.7 cm³/mol. The van der Waals surface area contributed by atoms with Crippen LogP contribution >= 0.6 is 15.9 Å². The van der Waals surface area contributed by atoms with Gasteiger partial charge in [-0.25, -0.2) is 0 Å². The lowest BCUT2D eigenvalue weighted by atomic mass is 9.94. The summed E-state index contributed by atoms with van der Waals surface area (Å²) in [6.45, 7) is 3.82. The van der Waals surface area contributed by atoms with Crippen molar-refractivity contribution in [2.75, 3.05) is 0 Å². The van der Waals surface area contributed by atoms with Gasteiger partial charge in [-0.05, 0) is 37.6 Å². The SMILES string of the molecule is CC(C)(NC(=O)c1cccc(=O)[nH]1)c1ccc(Br)cc1. The van der Waals surface area contributed by atoms with Gasteiger partial charge in [0.05, 0.1) is 5.54 Å². The Hall–Kier alpha value is -1.88. The van der Waals surface area contributed by atoms with E-state index in [0.717, 1.165) is 10.0 Å². The summed E-state index contributed by atoms with van der Waals surface area (Å²) in [6, 6.07) is 12.2. The molecule has 0 radical (unpaired) electrons. The predicted octanol–water partition coefficient (Wildman–Crippen LogP) is 2.80. The maximum Gasteiger partial charge on any atom is 0.268 e. The first kappa shape index (κ1) is 14.5. The Morgan fingerprint density at radius 1 is 1.15 bits per heavy atom. The summed E-state index contributed by atoms with van der Waals surface area (Å²) in [7, 11) is 0. The number of carbonyl (C=O) groups excluding carboxylic acids is 1. The summed E-state index contributed by atoms with van der Waals surface area (Å²) in [4.78, 5) is 25.9. The average Bonchev–Trinajstić information content (AvgIpc) is 2.38. The highest BCUT2D eigenvalue weighted by Gasteiger charge is 2.23. The highest BCUT2D eigenvalue weighted by atomic mass is 79.9. The minimum Gasteiger partial charge on any atom is -0.342 e. The van der Waals surface area contributed by atoms with Crippen LogP contribution in [0.1, 0.15) is 29.9 Å². The van der Waals surface area contributed by atoms with Crippen molar-refractivity contribution >= 4 is 21.8 Å². The molecule has 0 saturated heterocycles. The lowest BCUT2D eigenvalue weighted by Crippen LogP contribution is -2.41. The average molecular weight is 335 g/mol. The van der Waals surface area contributed by atoms with Gasteiger partial charge in [0.1, 0.15) is 5.69 Å². The van der Waals surface area contributed by atoms with Gasteiger partial charge in [-0.2, -0.15) is 0 Å². The van der Waals surface area contributed by atoms with Gasteiger partial charge in [0.15, 0.2) is 0 Å². The Balaban J connectivity index is 2.21. The first-order chi connectivity index (χ1) is 9.38. The van der Waals surface area contributed by atoms with Crippen LogP contribution in [0.5, 0.6) is 0 Å². The Labute approximate surface area is 125 Å². The van der Waals surface area contributed by atoms with E-state index in [9.17, 15) is 9.59 Å². The lowest BCUT2D eigenvalue weighted by molar-refractivity contribution is 0.0906. The number of halogens is 1. The Morgan fingerprint density at radius 2 is 1.80 bits per heavy atom. The standard InChI is InChI=1S/C15H15BrN2O2/c1-15(2,10-6-8-11(16)9-7-10)18-14(20)12-4-3-5-13(19)17-12/h3-9H,1-2H3,(H,17,19)(H,18,20). The molecule has 5 heteroatoms. The van der Waals surface area contributed by atoms with Gasteiger partial charge in [-0.15, -0.1) is 0 Å². The lowest BCUT2D eigenvalue weighted by Gasteiger charge is -2.27. The van der Waals surface area contributed by atoms with E-state index in [2.05, 4.69) is 26.2 Å². The molecule has 104 valence electrons. The van der Waals surface area contributed by atoms with E-state index in [1.807, 2.05) is 38.1 Å². The fourth-order valence-corrected chi connectivity index (χ4v) is 2.13. The summed E-state index contributed by atoms with van der Waals surface area (Å²) >= 11 is 3.38. The van der Waals surface area contributed by atoms with Gasteiger partial charge in [0.25, 0.3) is 5.91 Å². The first-order valence-corrected chi connectivity index (χ1v) is 6.96. The molecule has 20 heavy (non-hydrogen) atoms. The number of carbonyl (C=O) groups is 1. The second kappa shape index (κ2) is 5.63. The van der Waals surface area contributed by atoms with E-state index >= 15 is 0 Å². The van der Waals surface area contributed by atoms with Crippen LogP contribution in [0.2, 0.25) is 0 Å². The number of hydrogen-bond donors (Lipinski definition) is 2. The fourth-order valence-electron chi connectivity index (χ4n) is 1.87. The molecule has 1 aromatic heterocycles. The number of aromatic amines is 1. The normalized spacial score (nSPS) is 11.2. The van der Waals surface area contributed by atoms with E-state index in [1.54, 1.807) is 12.1 Å². The van der Waals surface area contributed by atoms with Crippen LogP contribution in [0.15, 0.2) is 51.7 Å². The molecule has 1 aromatic carbocycles. The number of hydrogen-bond acceptors (Lipinski definition) is 2. The molecule has 0 aliphatic carbocycles. The Morgan fingerprint density at radius 3 is 2.40 bits per heavy atom. The minimum atomic E-state index is -0.537. The summed E-state index contributed by atoms with van der Waals surface area (Å²) in [5, 5.41) is 2.91. The van der Waals surface area contributed by atoms with Gasteiger partial charge in [-0.1, -0.05) is 34.1 Å². The number of aromatic nitrogens is 1. The van der Waals surface area contributed by atoms with E-state index < -0.39 is 5.54 Å². The number of benzene rings is 1. The summed E-state index contributed by atoms with van der Waals surface area (Å²) in [6.07, 6.45) is 0. The molecule has 0 bridgehead atoms. The van der Waals surface area contributed by atoms with Gasteiger partial charge < -0.3 is 10.3 Å². The second-order valence-corrected chi connectivity index (χ2v) is 5.93. The highest BCUT2D eigenvalue weighted by Crippen LogP contribution is 2.22. The third kappa shape index (κ3) is 3.36. The molecule has 0 saturated carbocycles. The molecule has 0 fully saturated rings. The zero-order valence-electron chi connectivity index (χ0n) is 11.2. The van der Waals surface area contributed by atoms with Crippen LogP contribution in [-0.4, -0.2) is 10.9 Å². The van der Waals surface area contributed by atoms with Crippen molar-refractivity contribution in [3.63, 3.8) is 0 Å². The monoisotopic (exact) mass is 334 g/mol. The Bertz CT molecular complexity index is 675. The molecule has 0 atom stereocenters. The van der Waals surface area contributed by atoms with Crippen LogP contribution in [0, 0.1) is 0 Å². The fraction of sp³-hybridized carbons (Fsp3) is 0.200. The zero-order valence-corrected chi connectivity index (χ0v) is 12.8. The van der Waals surface area contributed by atoms with Crippen LogP contribution in [0.25, 0.3) is 0 Å². The molecule has 4 nitrogen and oxygen atoms in total. The molecule has 1 amide bonds. The smallest absolute Gasteiger partial charge is 0.268 e. The summed E-state index contributed by atoms with van der Waals surface area (Å²) in [5.41, 5.74) is 0.402. The van der Waals surface area contributed by atoms with Gasteiger partial charge in [0, 0.05) is 10.5 Å². The van der Waals surface area contributed by atoms with Crippen molar-refractivity contribution in [2.24, 2.45) is 0 Å². The van der Waals surface area contributed by atoms with E-state index in [4.69, 9.17) is 0 Å². The second-order valence-electron chi connectivity index (χ2n) is 5.01. The maximum atomic E-state index is 12.2. The molecular weight excluding hydrogens is 320 g/mol. The third-order valence-electron chi connectivity index (χ3n) is 3.00. The molecule has 1 heterocycles. The molecule has 0 aliphatic rings. The van der Waals surface area contributed by atoms with Crippen molar-refractivity contribution in [3.05, 3.63) is 68.5 Å². The molecular formula is C15H15BrN2O2. The van der Waals surface area contributed by atoms with Crippen molar-refractivity contribution in [2.45, 2.75) is 19.4 Å². The van der Waals surface area contributed by atoms with Gasteiger partial charge in [0.2, 0.25) is 5.56 Å². The van der Waals surface area contributed by atoms with Crippen molar-refractivity contribution < 1.29 is 4.79 Å². The van der Waals surface area contributed by atoms with Crippen molar-refractivity contribution in [1.82, 2.24) is 10.3 Å². The topological polar surface area (TPSA) is 62.0 Å². The third-order valence-corrected chi connectivity index (χ3v) is 3.53. The van der Waals surface area contributed by atoms with Crippen LogP contribution in [0.4, 0.5) is 0 Å². The van der Waals surface area contributed by atoms with Gasteiger partial charge in [-0.3, -0.25) is 9.59 Å². The number of pyridine rings is 1. The van der Waals surface area contributed by atoms with Crippen LogP contribution in [0.3, 0.4) is 0 Å². The molecule has 2 aromatic rings. The van der Waals surface area contributed by atoms with Crippen LogP contribution < -0.4 is 10.9 Å². The van der Waals surface area contributed by atoms with Gasteiger partial charge >= 0.3 is 0 Å². The first-order valence-electron chi connectivity index (χ1n) is 6.16. The van der Waals surface area contributed by atoms with E-state index in [0.29, 0.717) is 0 Å². The minimum absolute atomic E-state index is 0.252. The quantitative estimate of drug-likeness (QED) is 0.906. The van der Waals surface area contributed by atoms with E-state index in [-0.39, 0.29) is 17.2 Å². The number of H-pyrrole nitrogens is 1. The number of rotatable bonds is 3. The molecule has 2 rings (SSSR count). The van der Waals surface area contributed by atoms with E-state index in [1.165, 1.54) is 6.07 Å². The number of nitrogens with one attached hydrogen (secondary N) is 2. The zero-order chi connectivity index (χ0) is 14.8. The number of amides is 1. The molecule has 0 aliphatic heterocycles. The molecule has 0 spiro atoms. The summed E-state index contributed by atoms with van der Waals surface area (Å²) in [5.74, 6) is -0.310. The summed E-state index contributed by atoms with van der Waals surface area (Å²) < 4.78 is 0.982. The highest BCUT2D eigenvalue weighted by molar-refractivity contribution is 9.10. The Kier molecular flexibility index (Phi) is 4.09. The molecule has 2 N–H and O–H groups in total. The van der Waals surface area contributed by atoms with Crippen molar-refractivity contribution in [3.8, 4) is 0 Å². The molecule has 0 unspecified atom stereocenters. The largest absolute Gasteiger partial charge is 0.342 e. The van der Waals surface area contributed by atoms with Crippen molar-refractivity contribution in [1.29, 1.82) is 0 Å². The van der Waals surface area contributed by atoms with Crippen LogP contribution in [-0.2, 0) is 5.54 Å².